The van der Waals surface area contributed by atoms with Gasteiger partial charge in [-0.1, -0.05) is 28.1 Å². The zero-order valence-electron chi connectivity index (χ0n) is 8.96. The Labute approximate surface area is 103 Å². The Morgan fingerprint density at radius 2 is 1.81 bits per heavy atom. The number of halogens is 1. The van der Waals surface area contributed by atoms with Crippen molar-refractivity contribution in [2.75, 3.05) is 0 Å². The number of fused-ring (bicyclic) bond motifs is 1. The van der Waals surface area contributed by atoms with Gasteiger partial charge in [-0.15, -0.1) is 0 Å². The first-order chi connectivity index (χ1) is 7.84. The average Bonchev–Trinajstić information content (AvgIpc) is 2.74. The lowest BCUT2D eigenvalue weighted by molar-refractivity contribution is 0.675. The van der Waals surface area contributed by atoms with Crippen molar-refractivity contribution in [1.82, 2.24) is 10.2 Å². The van der Waals surface area contributed by atoms with Crippen LogP contribution < -0.4 is 0 Å². The van der Waals surface area contributed by atoms with Crippen LogP contribution in [0.15, 0.2) is 28.7 Å². The van der Waals surface area contributed by atoms with Gasteiger partial charge in [-0.05, 0) is 37.8 Å². The molecule has 1 aromatic carbocycles. The minimum Gasteiger partial charge on any atom is -0.282 e. The summed E-state index contributed by atoms with van der Waals surface area (Å²) in [5.41, 5.74) is 5.11. The fourth-order valence-electron chi connectivity index (χ4n) is 2.33. The summed E-state index contributed by atoms with van der Waals surface area (Å²) in [5, 5.41) is 7.64. The first-order valence-corrected chi connectivity index (χ1v) is 6.46. The molecule has 1 aliphatic carbocycles. The highest BCUT2D eigenvalue weighted by atomic mass is 79.9. The fourth-order valence-corrected chi connectivity index (χ4v) is 2.59. The predicted molar refractivity (Wildman–Crippen MR) is 68.4 cm³/mol. The molecule has 3 heteroatoms. The number of hydrogen-bond acceptors (Lipinski definition) is 1. The molecule has 1 aliphatic rings. The molecule has 3 rings (SSSR count). The summed E-state index contributed by atoms with van der Waals surface area (Å²) >= 11 is 3.46. The lowest BCUT2D eigenvalue weighted by Crippen LogP contribution is -2.01. The molecule has 2 nitrogen and oxygen atoms in total. The van der Waals surface area contributed by atoms with Crippen LogP contribution in [0.3, 0.4) is 0 Å². The number of hydrogen-bond donors (Lipinski definition) is 1. The van der Waals surface area contributed by atoms with Crippen LogP contribution in [0.2, 0.25) is 0 Å². The summed E-state index contributed by atoms with van der Waals surface area (Å²) in [7, 11) is 0. The van der Waals surface area contributed by atoms with E-state index in [1.165, 1.54) is 29.7 Å². The van der Waals surface area contributed by atoms with E-state index in [4.69, 9.17) is 0 Å². The second kappa shape index (κ2) is 4.06. The third kappa shape index (κ3) is 1.69. The Bertz CT molecular complexity index is 499. The van der Waals surface area contributed by atoms with Crippen molar-refractivity contribution in [2.45, 2.75) is 25.7 Å². The van der Waals surface area contributed by atoms with Crippen LogP contribution in [0.1, 0.15) is 24.1 Å². The van der Waals surface area contributed by atoms with Gasteiger partial charge in [0.1, 0.15) is 0 Å². The fraction of sp³-hybridized carbons (Fsp3) is 0.308. The standard InChI is InChI=1S/C13H13BrN2/c14-10-7-5-9(6-8-10)13-11-3-1-2-4-12(11)15-16-13/h5-8H,1-4H2,(H,15,16). The van der Waals surface area contributed by atoms with Crippen LogP contribution in [-0.4, -0.2) is 10.2 Å². The van der Waals surface area contributed by atoms with Crippen molar-refractivity contribution in [2.24, 2.45) is 0 Å². The lowest BCUT2D eigenvalue weighted by atomic mass is 9.94. The molecule has 0 amide bonds. The van der Waals surface area contributed by atoms with E-state index in [9.17, 15) is 0 Å². The summed E-state index contributed by atoms with van der Waals surface area (Å²) in [6, 6.07) is 8.38. The maximum Gasteiger partial charge on any atom is 0.0955 e. The molecular weight excluding hydrogens is 264 g/mol. The third-order valence-electron chi connectivity index (χ3n) is 3.17. The molecule has 1 heterocycles. The molecule has 0 spiro atoms. The summed E-state index contributed by atoms with van der Waals surface area (Å²) in [5.74, 6) is 0. The largest absolute Gasteiger partial charge is 0.282 e. The smallest absolute Gasteiger partial charge is 0.0955 e. The van der Waals surface area contributed by atoms with Gasteiger partial charge in [0, 0.05) is 21.3 Å². The van der Waals surface area contributed by atoms with E-state index >= 15 is 0 Å². The number of benzene rings is 1. The Kier molecular flexibility index (Phi) is 2.56. The van der Waals surface area contributed by atoms with Gasteiger partial charge in [0.25, 0.3) is 0 Å². The topological polar surface area (TPSA) is 28.7 Å². The van der Waals surface area contributed by atoms with Gasteiger partial charge in [-0.3, -0.25) is 5.10 Å². The normalized spacial score (nSPS) is 14.8. The number of H-pyrrole nitrogens is 1. The molecule has 0 saturated heterocycles. The van der Waals surface area contributed by atoms with E-state index in [1.807, 2.05) is 0 Å². The number of aromatic nitrogens is 2. The summed E-state index contributed by atoms with van der Waals surface area (Å²) in [4.78, 5) is 0. The van der Waals surface area contributed by atoms with E-state index in [0.717, 1.165) is 23.0 Å². The van der Waals surface area contributed by atoms with Gasteiger partial charge < -0.3 is 0 Å². The lowest BCUT2D eigenvalue weighted by Gasteiger charge is -2.11. The number of nitrogens with zero attached hydrogens (tertiary/aromatic N) is 1. The first-order valence-electron chi connectivity index (χ1n) is 5.66. The van der Waals surface area contributed by atoms with Gasteiger partial charge in [0.05, 0.1) is 5.69 Å². The van der Waals surface area contributed by atoms with Crippen LogP contribution in [0.4, 0.5) is 0 Å². The van der Waals surface area contributed by atoms with Gasteiger partial charge in [0.2, 0.25) is 0 Å². The molecular formula is C13H13BrN2. The number of nitrogens with one attached hydrogen (secondary N) is 1. The van der Waals surface area contributed by atoms with Crippen LogP contribution in [0, 0.1) is 0 Å². The van der Waals surface area contributed by atoms with Crippen LogP contribution in [-0.2, 0) is 12.8 Å². The Morgan fingerprint density at radius 3 is 2.62 bits per heavy atom. The van der Waals surface area contributed by atoms with E-state index in [1.54, 1.807) is 0 Å². The summed E-state index contributed by atoms with van der Waals surface area (Å²) in [6.45, 7) is 0. The number of aromatic amines is 1. The summed E-state index contributed by atoms with van der Waals surface area (Å²) < 4.78 is 1.11. The highest BCUT2D eigenvalue weighted by molar-refractivity contribution is 9.10. The maximum atomic E-state index is 4.46. The Hall–Kier alpha value is -1.09. The molecule has 2 aromatic rings. The van der Waals surface area contributed by atoms with Crippen molar-refractivity contribution in [1.29, 1.82) is 0 Å². The second-order valence-corrected chi connectivity index (χ2v) is 5.16. The van der Waals surface area contributed by atoms with E-state index in [-0.39, 0.29) is 0 Å². The van der Waals surface area contributed by atoms with Gasteiger partial charge in [0.15, 0.2) is 0 Å². The van der Waals surface area contributed by atoms with Crippen LogP contribution >= 0.6 is 15.9 Å². The maximum absolute atomic E-state index is 4.46. The van der Waals surface area contributed by atoms with Gasteiger partial charge in [-0.2, -0.15) is 5.10 Å². The average molecular weight is 277 g/mol. The van der Waals surface area contributed by atoms with Crippen molar-refractivity contribution in [3.63, 3.8) is 0 Å². The van der Waals surface area contributed by atoms with Gasteiger partial charge in [-0.25, -0.2) is 0 Å². The quantitative estimate of drug-likeness (QED) is 0.845. The zero-order chi connectivity index (χ0) is 11.0. The molecule has 0 bridgehead atoms. The first kappa shape index (κ1) is 10.1. The highest BCUT2D eigenvalue weighted by Gasteiger charge is 2.17. The summed E-state index contributed by atoms with van der Waals surface area (Å²) in [6.07, 6.45) is 4.89. The van der Waals surface area contributed by atoms with Gasteiger partial charge >= 0.3 is 0 Å². The SMILES string of the molecule is Brc1ccc(-c2n[nH]c3c2CCCC3)cc1. The molecule has 0 aliphatic heterocycles. The highest BCUT2D eigenvalue weighted by Crippen LogP contribution is 2.29. The van der Waals surface area contributed by atoms with Crippen molar-refractivity contribution < 1.29 is 0 Å². The van der Waals surface area contributed by atoms with Crippen LogP contribution in [0.25, 0.3) is 11.3 Å². The minimum absolute atomic E-state index is 1.11. The Morgan fingerprint density at radius 1 is 1.06 bits per heavy atom. The van der Waals surface area contributed by atoms with E-state index in [2.05, 4.69) is 50.4 Å². The van der Waals surface area contributed by atoms with Crippen molar-refractivity contribution in [3.8, 4) is 11.3 Å². The number of rotatable bonds is 1. The molecule has 1 N–H and O–H groups in total. The zero-order valence-corrected chi connectivity index (χ0v) is 10.5. The van der Waals surface area contributed by atoms with E-state index < -0.39 is 0 Å². The molecule has 0 saturated carbocycles. The molecule has 16 heavy (non-hydrogen) atoms. The monoisotopic (exact) mass is 276 g/mol. The second-order valence-electron chi connectivity index (χ2n) is 4.24. The molecule has 82 valence electrons. The predicted octanol–water partition coefficient (Wildman–Crippen LogP) is 3.72. The number of aryl methyl sites for hydroxylation is 1. The molecule has 0 radical (unpaired) electrons. The van der Waals surface area contributed by atoms with Crippen LogP contribution in [0.5, 0.6) is 0 Å². The molecule has 0 atom stereocenters. The molecule has 0 fully saturated rings. The van der Waals surface area contributed by atoms with Crippen molar-refractivity contribution in [3.05, 3.63) is 40.0 Å². The Balaban J connectivity index is 2.06. The van der Waals surface area contributed by atoms with E-state index in [0.29, 0.717) is 0 Å². The minimum atomic E-state index is 1.11. The van der Waals surface area contributed by atoms with Crippen molar-refractivity contribution >= 4 is 15.9 Å². The third-order valence-corrected chi connectivity index (χ3v) is 3.70. The molecule has 1 aromatic heterocycles. The molecule has 0 unspecified atom stereocenters.